The van der Waals surface area contributed by atoms with E-state index in [-0.39, 0.29) is 12.5 Å². The van der Waals surface area contributed by atoms with Crippen molar-refractivity contribution in [2.24, 2.45) is 22.8 Å². The first-order valence-corrected chi connectivity index (χ1v) is 6.34. The number of rotatable bonds is 7. The summed E-state index contributed by atoms with van der Waals surface area (Å²) >= 11 is 0. The lowest BCUT2D eigenvalue weighted by Gasteiger charge is -2.45. The standard InChI is InChI=1S/C12H22N2O4/c1-2-7(13)3-4-9(14)8-5-6-12(8,10(15)16)11(17)18/h7-9H,2-6,13-14H2,1H3,(H,15,16)(H,17,18). The third kappa shape index (κ3) is 2.49. The highest BCUT2D eigenvalue weighted by Gasteiger charge is 2.60. The summed E-state index contributed by atoms with van der Waals surface area (Å²) in [7, 11) is 0. The largest absolute Gasteiger partial charge is 0.480 e. The second-order valence-electron chi connectivity index (χ2n) is 5.14. The minimum absolute atomic E-state index is 0.0418. The van der Waals surface area contributed by atoms with Crippen molar-refractivity contribution in [3.8, 4) is 0 Å². The van der Waals surface area contributed by atoms with Gasteiger partial charge < -0.3 is 21.7 Å². The van der Waals surface area contributed by atoms with E-state index in [1.807, 2.05) is 6.92 Å². The van der Waals surface area contributed by atoms with Crippen molar-refractivity contribution in [1.82, 2.24) is 0 Å². The number of hydrogen-bond acceptors (Lipinski definition) is 4. The lowest BCUT2D eigenvalue weighted by Crippen LogP contribution is -2.58. The summed E-state index contributed by atoms with van der Waals surface area (Å²) in [5, 5.41) is 18.3. The molecule has 1 aliphatic carbocycles. The highest BCUT2D eigenvalue weighted by molar-refractivity contribution is 5.99. The van der Waals surface area contributed by atoms with Gasteiger partial charge in [0.1, 0.15) is 0 Å². The topological polar surface area (TPSA) is 127 Å². The van der Waals surface area contributed by atoms with Gasteiger partial charge in [-0.2, -0.15) is 0 Å². The van der Waals surface area contributed by atoms with Crippen molar-refractivity contribution in [1.29, 1.82) is 0 Å². The molecule has 104 valence electrons. The molecular weight excluding hydrogens is 236 g/mol. The molecule has 6 heteroatoms. The van der Waals surface area contributed by atoms with Crippen molar-refractivity contribution in [3.63, 3.8) is 0 Å². The predicted molar refractivity (Wildman–Crippen MR) is 65.9 cm³/mol. The van der Waals surface area contributed by atoms with E-state index in [1.165, 1.54) is 0 Å². The van der Waals surface area contributed by atoms with Crippen molar-refractivity contribution in [2.75, 3.05) is 0 Å². The van der Waals surface area contributed by atoms with E-state index in [4.69, 9.17) is 21.7 Å². The van der Waals surface area contributed by atoms with E-state index in [0.29, 0.717) is 19.3 Å². The highest BCUT2D eigenvalue weighted by atomic mass is 16.4. The number of hydrogen-bond donors (Lipinski definition) is 4. The average molecular weight is 258 g/mol. The second kappa shape index (κ2) is 5.67. The van der Waals surface area contributed by atoms with Gasteiger partial charge in [0.05, 0.1) is 0 Å². The maximum Gasteiger partial charge on any atom is 0.321 e. The summed E-state index contributed by atoms with van der Waals surface area (Å²) in [6.07, 6.45) is 2.82. The smallest absolute Gasteiger partial charge is 0.321 e. The zero-order valence-electron chi connectivity index (χ0n) is 10.6. The Morgan fingerprint density at radius 3 is 2.17 bits per heavy atom. The van der Waals surface area contributed by atoms with Crippen LogP contribution in [0.3, 0.4) is 0 Å². The predicted octanol–water partition coefficient (Wildman–Crippen LogP) is 0.397. The number of carboxylic acid groups (broad SMARTS) is 2. The van der Waals surface area contributed by atoms with Crippen molar-refractivity contribution in [2.45, 2.75) is 51.1 Å². The summed E-state index contributed by atoms with van der Waals surface area (Å²) in [4.78, 5) is 22.4. The molecule has 0 saturated heterocycles. The monoisotopic (exact) mass is 258 g/mol. The molecule has 0 spiro atoms. The third-order valence-corrected chi connectivity index (χ3v) is 4.16. The van der Waals surface area contributed by atoms with Crippen LogP contribution in [0.25, 0.3) is 0 Å². The van der Waals surface area contributed by atoms with Gasteiger partial charge in [0.25, 0.3) is 0 Å². The van der Waals surface area contributed by atoms with E-state index < -0.39 is 29.3 Å². The number of aliphatic carboxylic acids is 2. The summed E-state index contributed by atoms with van der Waals surface area (Å²) in [5.41, 5.74) is 10.0. The van der Waals surface area contributed by atoms with Crippen LogP contribution >= 0.6 is 0 Å². The van der Waals surface area contributed by atoms with E-state index in [0.717, 1.165) is 6.42 Å². The zero-order chi connectivity index (χ0) is 13.9. The molecule has 0 aromatic heterocycles. The summed E-state index contributed by atoms with van der Waals surface area (Å²) < 4.78 is 0. The van der Waals surface area contributed by atoms with Gasteiger partial charge in [-0.3, -0.25) is 9.59 Å². The fourth-order valence-corrected chi connectivity index (χ4v) is 2.61. The minimum Gasteiger partial charge on any atom is -0.480 e. The lowest BCUT2D eigenvalue weighted by molar-refractivity contribution is -0.180. The fourth-order valence-electron chi connectivity index (χ4n) is 2.61. The van der Waals surface area contributed by atoms with Crippen LogP contribution in [0.1, 0.15) is 39.0 Å². The zero-order valence-corrected chi connectivity index (χ0v) is 10.6. The van der Waals surface area contributed by atoms with Crippen LogP contribution < -0.4 is 11.5 Å². The Hall–Kier alpha value is -1.14. The van der Waals surface area contributed by atoms with Gasteiger partial charge in [-0.25, -0.2) is 0 Å². The Balaban J connectivity index is 2.66. The maximum atomic E-state index is 11.2. The molecule has 3 atom stereocenters. The Bertz CT molecular complexity index is 318. The van der Waals surface area contributed by atoms with Crippen LogP contribution in [0.2, 0.25) is 0 Å². The molecule has 1 aliphatic rings. The van der Waals surface area contributed by atoms with Crippen molar-refractivity contribution < 1.29 is 19.8 Å². The van der Waals surface area contributed by atoms with Crippen LogP contribution in [-0.4, -0.2) is 34.2 Å². The number of carbonyl (C=O) groups is 2. The molecule has 1 saturated carbocycles. The van der Waals surface area contributed by atoms with Crippen LogP contribution in [0.15, 0.2) is 0 Å². The van der Waals surface area contributed by atoms with E-state index in [1.54, 1.807) is 0 Å². The minimum atomic E-state index is -1.68. The summed E-state index contributed by atoms with van der Waals surface area (Å²) in [6, 6.07) is -0.372. The van der Waals surface area contributed by atoms with Crippen molar-refractivity contribution >= 4 is 11.9 Å². The van der Waals surface area contributed by atoms with Gasteiger partial charge in [-0.15, -0.1) is 0 Å². The van der Waals surface area contributed by atoms with Crippen molar-refractivity contribution in [3.05, 3.63) is 0 Å². The van der Waals surface area contributed by atoms with E-state index in [9.17, 15) is 9.59 Å². The SMILES string of the molecule is CCC(N)CCC(N)C1CCC1(C(=O)O)C(=O)O. The molecule has 0 amide bonds. The van der Waals surface area contributed by atoms with Gasteiger partial charge >= 0.3 is 11.9 Å². The van der Waals surface area contributed by atoms with Crippen LogP contribution in [0, 0.1) is 11.3 Å². The first-order valence-electron chi connectivity index (χ1n) is 6.34. The molecule has 3 unspecified atom stereocenters. The normalized spacial score (nSPS) is 24.9. The van der Waals surface area contributed by atoms with E-state index in [2.05, 4.69) is 0 Å². The third-order valence-electron chi connectivity index (χ3n) is 4.16. The molecule has 1 rings (SSSR count). The fraction of sp³-hybridized carbons (Fsp3) is 0.833. The molecule has 0 bridgehead atoms. The molecular formula is C12H22N2O4. The number of carboxylic acids is 2. The van der Waals surface area contributed by atoms with Gasteiger partial charge in [-0.05, 0) is 32.1 Å². The van der Waals surface area contributed by atoms with Gasteiger partial charge in [0, 0.05) is 18.0 Å². The van der Waals surface area contributed by atoms with Crippen LogP contribution in [0.5, 0.6) is 0 Å². The maximum absolute atomic E-state index is 11.2. The lowest BCUT2D eigenvalue weighted by atomic mass is 9.57. The first-order chi connectivity index (χ1) is 8.36. The molecule has 0 heterocycles. The quantitative estimate of drug-likeness (QED) is 0.489. The average Bonchev–Trinajstić information content (AvgIpc) is 2.23. The molecule has 0 aromatic carbocycles. The Kier molecular flexibility index (Phi) is 4.70. The Morgan fingerprint density at radius 2 is 1.83 bits per heavy atom. The molecule has 1 fully saturated rings. The Morgan fingerprint density at radius 1 is 1.28 bits per heavy atom. The van der Waals surface area contributed by atoms with Crippen LogP contribution in [0.4, 0.5) is 0 Å². The molecule has 18 heavy (non-hydrogen) atoms. The van der Waals surface area contributed by atoms with Crippen LogP contribution in [-0.2, 0) is 9.59 Å². The van der Waals surface area contributed by atoms with Gasteiger partial charge in [-0.1, -0.05) is 6.92 Å². The molecule has 0 radical (unpaired) electrons. The van der Waals surface area contributed by atoms with E-state index >= 15 is 0 Å². The number of nitrogens with two attached hydrogens (primary N) is 2. The summed E-state index contributed by atoms with van der Waals surface area (Å²) in [6.45, 7) is 1.97. The second-order valence-corrected chi connectivity index (χ2v) is 5.14. The first kappa shape index (κ1) is 14.9. The van der Waals surface area contributed by atoms with Gasteiger partial charge in [0.2, 0.25) is 0 Å². The Labute approximate surface area is 106 Å². The summed E-state index contributed by atoms with van der Waals surface area (Å²) in [5.74, 6) is -3.04. The highest BCUT2D eigenvalue weighted by Crippen LogP contribution is 2.49. The molecule has 6 nitrogen and oxygen atoms in total. The van der Waals surface area contributed by atoms with Gasteiger partial charge in [0.15, 0.2) is 5.41 Å². The molecule has 6 N–H and O–H groups in total. The molecule has 0 aromatic rings. The molecule has 0 aliphatic heterocycles.